The molecule has 0 heterocycles. The summed E-state index contributed by atoms with van der Waals surface area (Å²) in [7, 11) is 0. The van der Waals surface area contributed by atoms with Crippen LogP contribution in [-0.4, -0.2) is 18.0 Å². The molecule has 1 amide bonds. The van der Waals surface area contributed by atoms with Gasteiger partial charge in [-0.15, -0.1) is 0 Å². The number of rotatable bonds is 4. The van der Waals surface area contributed by atoms with E-state index in [9.17, 15) is 9.59 Å². The average molecular weight is 362 g/mol. The maximum Gasteiger partial charge on any atom is 0.338 e. The van der Waals surface area contributed by atoms with Gasteiger partial charge in [-0.25, -0.2) is 4.79 Å². The van der Waals surface area contributed by atoms with Gasteiger partial charge >= 0.3 is 5.97 Å². The van der Waals surface area contributed by atoms with Gasteiger partial charge in [0.25, 0.3) is 5.91 Å². The Labute approximate surface area is 137 Å². The van der Waals surface area contributed by atoms with Crippen LogP contribution in [0.3, 0.4) is 0 Å². The van der Waals surface area contributed by atoms with E-state index < -0.39 is 0 Å². The first kappa shape index (κ1) is 16.2. The lowest BCUT2D eigenvalue weighted by Gasteiger charge is -2.09. The molecule has 4 nitrogen and oxygen atoms in total. The number of nitrogens with one attached hydrogen (secondary N) is 1. The predicted octanol–water partition coefficient (Wildman–Crippen LogP) is 4.27. The first-order chi connectivity index (χ1) is 10.5. The van der Waals surface area contributed by atoms with E-state index in [4.69, 9.17) is 4.74 Å². The Morgan fingerprint density at radius 3 is 2.32 bits per heavy atom. The summed E-state index contributed by atoms with van der Waals surface area (Å²) in [6, 6.07) is 13.7. The molecule has 2 rings (SSSR count). The number of anilines is 1. The number of ether oxygens (including phenoxy) is 1. The molecule has 2 aromatic carbocycles. The highest BCUT2D eigenvalue weighted by molar-refractivity contribution is 9.10. The Balaban J connectivity index is 2.05. The van der Waals surface area contributed by atoms with Crippen LogP contribution in [0.15, 0.2) is 53.0 Å². The second kappa shape index (κ2) is 7.22. The molecule has 1 N–H and O–H groups in total. The monoisotopic (exact) mass is 361 g/mol. The third-order valence-electron chi connectivity index (χ3n) is 2.81. The van der Waals surface area contributed by atoms with Gasteiger partial charge < -0.3 is 10.1 Å². The summed E-state index contributed by atoms with van der Waals surface area (Å²) in [5, 5.41) is 2.78. The van der Waals surface area contributed by atoms with Crippen LogP contribution < -0.4 is 5.32 Å². The number of carbonyl (C=O) groups is 2. The van der Waals surface area contributed by atoms with Crippen LogP contribution >= 0.6 is 15.9 Å². The van der Waals surface area contributed by atoms with Gasteiger partial charge in [0.2, 0.25) is 0 Å². The summed E-state index contributed by atoms with van der Waals surface area (Å²) in [5.41, 5.74) is 1.62. The van der Waals surface area contributed by atoms with Gasteiger partial charge in [-0.3, -0.25) is 4.79 Å². The second-order valence-electron chi connectivity index (χ2n) is 5.00. The van der Waals surface area contributed by atoms with Crippen LogP contribution in [0.2, 0.25) is 0 Å². The van der Waals surface area contributed by atoms with Crippen molar-refractivity contribution in [1.29, 1.82) is 0 Å². The number of hydrogen-bond acceptors (Lipinski definition) is 3. The van der Waals surface area contributed by atoms with Crippen LogP contribution in [0, 0.1) is 0 Å². The van der Waals surface area contributed by atoms with Gasteiger partial charge in [0.1, 0.15) is 0 Å². The Morgan fingerprint density at radius 2 is 1.73 bits per heavy atom. The van der Waals surface area contributed by atoms with E-state index in [0.29, 0.717) is 16.8 Å². The van der Waals surface area contributed by atoms with E-state index >= 15 is 0 Å². The van der Waals surface area contributed by atoms with E-state index in [1.807, 2.05) is 6.07 Å². The molecule has 0 atom stereocenters. The van der Waals surface area contributed by atoms with E-state index in [1.165, 1.54) is 0 Å². The molecule has 0 fully saturated rings. The van der Waals surface area contributed by atoms with Crippen molar-refractivity contribution in [1.82, 2.24) is 0 Å². The van der Waals surface area contributed by atoms with Gasteiger partial charge in [0.05, 0.1) is 11.7 Å². The smallest absolute Gasteiger partial charge is 0.338 e. The second-order valence-corrected chi connectivity index (χ2v) is 5.91. The molecular formula is C17H16BrNO3. The van der Waals surface area contributed by atoms with E-state index in [2.05, 4.69) is 21.2 Å². The van der Waals surface area contributed by atoms with Crippen molar-refractivity contribution in [2.24, 2.45) is 0 Å². The number of carbonyl (C=O) groups excluding carboxylic acids is 2. The molecule has 0 spiro atoms. The van der Waals surface area contributed by atoms with Crippen molar-refractivity contribution in [2.45, 2.75) is 20.0 Å². The summed E-state index contributed by atoms with van der Waals surface area (Å²) in [5.74, 6) is -0.585. The number of hydrogen-bond donors (Lipinski definition) is 1. The molecule has 0 saturated carbocycles. The van der Waals surface area contributed by atoms with E-state index in [0.717, 1.165) is 4.47 Å². The highest BCUT2D eigenvalue weighted by Crippen LogP contribution is 2.15. The fourth-order valence-corrected chi connectivity index (χ4v) is 2.20. The molecule has 0 aromatic heterocycles. The van der Waals surface area contributed by atoms with Gasteiger partial charge in [-0.1, -0.05) is 22.0 Å². The largest absolute Gasteiger partial charge is 0.459 e. The van der Waals surface area contributed by atoms with Crippen molar-refractivity contribution in [3.63, 3.8) is 0 Å². The first-order valence-corrected chi connectivity index (χ1v) is 7.63. The normalized spacial score (nSPS) is 10.4. The number of amides is 1. The molecule has 2 aromatic rings. The molecular weight excluding hydrogens is 346 g/mol. The molecule has 0 radical (unpaired) electrons. The topological polar surface area (TPSA) is 55.4 Å². The van der Waals surface area contributed by atoms with Crippen molar-refractivity contribution in [3.8, 4) is 0 Å². The van der Waals surface area contributed by atoms with Gasteiger partial charge in [0.15, 0.2) is 0 Å². The zero-order chi connectivity index (χ0) is 16.1. The van der Waals surface area contributed by atoms with Crippen molar-refractivity contribution >= 4 is 33.5 Å². The third kappa shape index (κ3) is 4.43. The van der Waals surface area contributed by atoms with Gasteiger partial charge in [0, 0.05) is 15.7 Å². The lowest BCUT2D eigenvalue weighted by molar-refractivity contribution is 0.0378. The molecule has 0 unspecified atom stereocenters. The molecule has 114 valence electrons. The van der Waals surface area contributed by atoms with Crippen LogP contribution in [0.1, 0.15) is 34.6 Å². The number of esters is 1. The minimum Gasteiger partial charge on any atom is -0.459 e. The fraction of sp³-hybridized carbons (Fsp3) is 0.176. The lowest BCUT2D eigenvalue weighted by atomic mass is 10.2. The fourth-order valence-electron chi connectivity index (χ4n) is 1.80. The predicted molar refractivity (Wildman–Crippen MR) is 89.1 cm³/mol. The Bertz CT molecular complexity index is 681. The van der Waals surface area contributed by atoms with Crippen LogP contribution in [0.4, 0.5) is 5.69 Å². The number of halogens is 1. The maximum absolute atomic E-state index is 12.1. The van der Waals surface area contributed by atoms with Crippen LogP contribution in [-0.2, 0) is 4.74 Å². The Morgan fingerprint density at radius 1 is 1.05 bits per heavy atom. The molecule has 0 saturated heterocycles. The lowest BCUT2D eigenvalue weighted by Crippen LogP contribution is -2.13. The quantitative estimate of drug-likeness (QED) is 0.827. The molecule has 0 aliphatic carbocycles. The molecule has 0 aliphatic rings. The number of benzene rings is 2. The molecule has 22 heavy (non-hydrogen) atoms. The summed E-state index contributed by atoms with van der Waals surface area (Å²) in [6.07, 6.45) is -0.164. The molecule has 5 heteroatoms. The van der Waals surface area contributed by atoms with Gasteiger partial charge in [-0.2, -0.15) is 0 Å². The van der Waals surface area contributed by atoms with Crippen LogP contribution in [0.5, 0.6) is 0 Å². The SMILES string of the molecule is CC(C)OC(=O)c1ccc(NC(=O)c2cccc(Br)c2)cc1. The molecule has 0 bridgehead atoms. The Kier molecular flexibility index (Phi) is 5.33. The summed E-state index contributed by atoms with van der Waals surface area (Å²) < 4.78 is 5.95. The minimum absolute atomic E-state index is 0.164. The highest BCUT2D eigenvalue weighted by Gasteiger charge is 2.10. The van der Waals surface area contributed by atoms with Crippen molar-refractivity contribution in [3.05, 3.63) is 64.1 Å². The maximum atomic E-state index is 12.1. The zero-order valence-electron chi connectivity index (χ0n) is 12.3. The first-order valence-electron chi connectivity index (χ1n) is 6.83. The Hall–Kier alpha value is -2.14. The third-order valence-corrected chi connectivity index (χ3v) is 3.30. The van der Waals surface area contributed by atoms with Crippen molar-refractivity contribution < 1.29 is 14.3 Å². The standard InChI is InChI=1S/C17H16BrNO3/c1-11(2)22-17(21)12-6-8-15(9-7-12)19-16(20)13-4-3-5-14(18)10-13/h3-11H,1-2H3,(H,19,20). The van der Waals surface area contributed by atoms with E-state index in [1.54, 1.807) is 56.3 Å². The van der Waals surface area contributed by atoms with Crippen LogP contribution in [0.25, 0.3) is 0 Å². The summed E-state index contributed by atoms with van der Waals surface area (Å²) >= 11 is 3.33. The molecule has 0 aliphatic heterocycles. The van der Waals surface area contributed by atoms with E-state index in [-0.39, 0.29) is 18.0 Å². The highest BCUT2D eigenvalue weighted by atomic mass is 79.9. The minimum atomic E-state index is -0.375. The summed E-state index contributed by atoms with van der Waals surface area (Å²) in [6.45, 7) is 3.59. The van der Waals surface area contributed by atoms with Crippen molar-refractivity contribution in [2.75, 3.05) is 5.32 Å². The zero-order valence-corrected chi connectivity index (χ0v) is 13.9. The average Bonchev–Trinajstić information content (AvgIpc) is 2.47. The van der Waals surface area contributed by atoms with Gasteiger partial charge in [-0.05, 0) is 56.3 Å². The summed E-state index contributed by atoms with van der Waals surface area (Å²) in [4.78, 5) is 23.8.